The molecule has 0 aliphatic rings. The van der Waals surface area contributed by atoms with Crippen LogP contribution in [0.5, 0.6) is 0 Å². The van der Waals surface area contributed by atoms with Gasteiger partial charge in [0.05, 0.1) is 25.4 Å². The van der Waals surface area contributed by atoms with Gasteiger partial charge in [-0.25, -0.2) is 0 Å². The quantitative estimate of drug-likeness (QED) is 0.0320. The first-order valence-electron chi connectivity index (χ1n) is 33.6. The van der Waals surface area contributed by atoms with Crippen LogP contribution in [-0.2, 0) is 14.3 Å². The second-order valence-corrected chi connectivity index (χ2v) is 23.2. The van der Waals surface area contributed by atoms with Crippen LogP contribution in [0.1, 0.15) is 373 Å². The zero-order chi connectivity index (χ0) is 53.6. The number of esters is 1. The number of nitrogens with one attached hydrogen (secondary N) is 1. The highest BCUT2D eigenvalue weighted by Crippen LogP contribution is 2.19. The van der Waals surface area contributed by atoms with E-state index in [0.29, 0.717) is 25.9 Å². The average molecular weight is 1040 g/mol. The van der Waals surface area contributed by atoms with Crippen molar-refractivity contribution in [3.63, 3.8) is 0 Å². The lowest BCUT2D eigenvalue weighted by atomic mass is 10.0. The molecule has 0 aromatic carbocycles. The number of amides is 1. The first-order chi connectivity index (χ1) is 36.5. The SMILES string of the molecule is CCCC/C=C\C/C=C\CCCCCCCC(=O)OCCCCCCCCCCCCCCCCCCCCCCC(=O)NC(CO)C(O)CCCCCCCCCCCCCCCCCCCCCCCCC. The van der Waals surface area contributed by atoms with Crippen molar-refractivity contribution in [2.75, 3.05) is 13.2 Å². The molecule has 6 heteroatoms. The number of carbonyl (C=O) groups excluding carboxylic acids is 2. The molecule has 0 bridgehead atoms. The largest absolute Gasteiger partial charge is 0.466 e. The van der Waals surface area contributed by atoms with E-state index in [0.717, 1.165) is 51.4 Å². The van der Waals surface area contributed by atoms with Gasteiger partial charge in [-0.3, -0.25) is 9.59 Å². The summed E-state index contributed by atoms with van der Waals surface area (Å²) in [5, 5.41) is 23.4. The molecule has 2 unspecified atom stereocenters. The Morgan fingerprint density at radius 3 is 1.07 bits per heavy atom. The Morgan fingerprint density at radius 1 is 0.378 bits per heavy atom. The molecule has 3 N–H and O–H groups in total. The molecule has 0 heterocycles. The molecule has 2 atom stereocenters. The maximum atomic E-state index is 12.5. The fourth-order valence-corrected chi connectivity index (χ4v) is 10.6. The predicted octanol–water partition coefficient (Wildman–Crippen LogP) is 21.4. The van der Waals surface area contributed by atoms with Crippen molar-refractivity contribution in [2.45, 2.75) is 386 Å². The molecule has 6 nitrogen and oxygen atoms in total. The van der Waals surface area contributed by atoms with Crippen LogP contribution in [-0.4, -0.2) is 47.4 Å². The van der Waals surface area contributed by atoms with Crippen LogP contribution >= 0.6 is 0 Å². The summed E-state index contributed by atoms with van der Waals surface area (Å²) in [5.41, 5.74) is 0. The molecule has 0 aliphatic heterocycles. The lowest BCUT2D eigenvalue weighted by Crippen LogP contribution is -2.45. The predicted molar refractivity (Wildman–Crippen MR) is 324 cm³/mol. The average Bonchev–Trinajstić information content (AvgIpc) is 3.40. The topological polar surface area (TPSA) is 95.9 Å². The number of allylic oxidation sites excluding steroid dienone is 4. The number of rotatable bonds is 63. The second kappa shape index (κ2) is 63.9. The summed E-state index contributed by atoms with van der Waals surface area (Å²) in [5.74, 6) is -0.0360. The molecule has 0 spiro atoms. The number of aliphatic hydroxyl groups excluding tert-OH is 2. The van der Waals surface area contributed by atoms with Gasteiger partial charge in [-0.15, -0.1) is 0 Å². The molecular weight excluding hydrogens is 911 g/mol. The number of hydrogen-bond donors (Lipinski definition) is 3. The van der Waals surface area contributed by atoms with Crippen LogP contribution in [0.3, 0.4) is 0 Å². The molecule has 0 saturated heterocycles. The third-order valence-corrected chi connectivity index (χ3v) is 15.8. The highest BCUT2D eigenvalue weighted by molar-refractivity contribution is 5.76. The van der Waals surface area contributed by atoms with E-state index >= 15 is 0 Å². The number of ether oxygens (including phenoxy) is 1. The minimum atomic E-state index is -0.667. The van der Waals surface area contributed by atoms with E-state index in [2.05, 4.69) is 43.5 Å². The Labute approximate surface area is 462 Å². The van der Waals surface area contributed by atoms with E-state index in [9.17, 15) is 19.8 Å². The van der Waals surface area contributed by atoms with Crippen molar-refractivity contribution in [3.8, 4) is 0 Å². The number of unbranched alkanes of at least 4 members (excludes halogenated alkanes) is 48. The molecule has 0 aromatic rings. The van der Waals surface area contributed by atoms with Crippen molar-refractivity contribution < 1.29 is 24.5 Å². The van der Waals surface area contributed by atoms with Crippen LogP contribution in [0.25, 0.3) is 0 Å². The van der Waals surface area contributed by atoms with Gasteiger partial charge in [0.15, 0.2) is 0 Å². The third-order valence-electron chi connectivity index (χ3n) is 15.8. The second-order valence-electron chi connectivity index (χ2n) is 23.2. The first kappa shape index (κ1) is 72.3. The summed E-state index contributed by atoms with van der Waals surface area (Å²) in [7, 11) is 0. The van der Waals surface area contributed by atoms with Crippen LogP contribution < -0.4 is 5.32 Å². The lowest BCUT2D eigenvalue weighted by molar-refractivity contribution is -0.143. The van der Waals surface area contributed by atoms with Crippen molar-refractivity contribution in [3.05, 3.63) is 24.3 Å². The van der Waals surface area contributed by atoms with Crippen LogP contribution in [0.4, 0.5) is 0 Å². The normalized spacial score (nSPS) is 12.6. The van der Waals surface area contributed by atoms with Crippen molar-refractivity contribution in [1.29, 1.82) is 0 Å². The fourth-order valence-electron chi connectivity index (χ4n) is 10.6. The van der Waals surface area contributed by atoms with E-state index in [1.807, 2.05) is 0 Å². The fraction of sp³-hybridized carbons (Fsp3) is 0.912. The third kappa shape index (κ3) is 59.6. The van der Waals surface area contributed by atoms with Gasteiger partial charge in [0.2, 0.25) is 5.91 Å². The van der Waals surface area contributed by atoms with E-state index in [1.54, 1.807) is 0 Å². The Hall–Kier alpha value is -1.66. The smallest absolute Gasteiger partial charge is 0.305 e. The van der Waals surface area contributed by atoms with Gasteiger partial charge in [0, 0.05) is 12.8 Å². The molecule has 0 rings (SSSR count). The molecule has 0 radical (unpaired) electrons. The van der Waals surface area contributed by atoms with Crippen LogP contribution in [0, 0.1) is 0 Å². The zero-order valence-electron chi connectivity index (χ0n) is 50.1. The van der Waals surface area contributed by atoms with E-state index < -0.39 is 12.1 Å². The van der Waals surface area contributed by atoms with E-state index in [4.69, 9.17) is 4.74 Å². The Bertz CT molecular complexity index is 1150. The number of hydrogen-bond acceptors (Lipinski definition) is 5. The molecule has 1 amide bonds. The standard InChI is InChI=1S/C68H131NO5/c1-3-5-7-9-11-13-15-17-19-20-21-22-23-24-27-30-33-36-40-44-48-52-56-60-66(71)65(64-70)69-67(72)61-57-53-49-45-41-37-34-31-28-25-26-29-32-35-39-43-47-51-55-59-63-74-68(73)62-58-54-50-46-42-38-18-16-14-12-10-8-6-4-2/h10,12,16,18,65-66,70-71H,3-9,11,13-15,17,19-64H2,1-2H3,(H,69,72)/b12-10-,18-16-. The van der Waals surface area contributed by atoms with Gasteiger partial charge in [-0.1, -0.05) is 334 Å². The van der Waals surface area contributed by atoms with Crippen molar-refractivity contribution >= 4 is 11.9 Å². The highest BCUT2D eigenvalue weighted by atomic mass is 16.5. The highest BCUT2D eigenvalue weighted by Gasteiger charge is 2.20. The van der Waals surface area contributed by atoms with Gasteiger partial charge in [-0.2, -0.15) is 0 Å². The van der Waals surface area contributed by atoms with Gasteiger partial charge in [0.1, 0.15) is 0 Å². The van der Waals surface area contributed by atoms with Gasteiger partial charge in [0.25, 0.3) is 0 Å². The van der Waals surface area contributed by atoms with Gasteiger partial charge in [-0.05, 0) is 51.4 Å². The molecule has 0 aliphatic carbocycles. The van der Waals surface area contributed by atoms with Gasteiger partial charge >= 0.3 is 5.97 Å². The summed E-state index contributed by atoms with van der Waals surface area (Å²) < 4.78 is 5.48. The Kier molecular flexibility index (Phi) is 62.4. The summed E-state index contributed by atoms with van der Waals surface area (Å²) in [6.45, 7) is 4.94. The Morgan fingerprint density at radius 2 is 0.689 bits per heavy atom. The minimum absolute atomic E-state index is 0.00312. The van der Waals surface area contributed by atoms with Gasteiger partial charge < -0.3 is 20.3 Å². The maximum absolute atomic E-state index is 12.5. The number of aliphatic hydroxyl groups is 2. The molecule has 74 heavy (non-hydrogen) atoms. The van der Waals surface area contributed by atoms with Crippen LogP contribution in [0.15, 0.2) is 24.3 Å². The minimum Gasteiger partial charge on any atom is -0.466 e. The molecule has 0 saturated carbocycles. The molecule has 0 fully saturated rings. The maximum Gasteiger partial charge on any atom is 0.305 e. The monoisotopic (exact) mass is 1040 g/mol. The van der Waals surface area contributed by atoms with Crippen molar-refractivity contribution in [2.24, 2.45) is 0 Å². The first-order valence-corrected chi connectivity index (χ1v) is 33.6. The van der Waals surface area contributed by atoms with E-state index in [1.165, 1.54) is 289 Å². The number of carbonyl (C=O) groups is 2. The summed E-state index contributed by atoms with van der Waals surface area (Å²) >= 11 is 0. The molecular formula is C68H131NO5. The summed E-state index contributed by atoms with van der Waals surface area (Å²) in [6, 6.07) is -0.544. The summed E-state index contributed by atoms with van der Waals surface area (Å²) in [4.78, 5) is 24.6. The zero-order valence-corrected chi connectivity index (χ0v) is 50.1. The summed E-state index contributed by atoms with van der Waals surface area (Å²) in [6.07, 6.45) is 79.2. The van der Waals surface area contributed by atoms with E-state index in [-0.39, 0.29) is 18.5 Å². The van der Waals surface area contributed by atoms with Crippen molar-refractivity contribution in [1.82, 2.24) is 5.32 Å². The Balaban J connectivity index is 3.40. The lowest BCUT2D eigenvalue weighted by Gasteiger charge is -2.22. The van der Waals surface area contributed by atoms with Crippen LogP contribution in [0.2, 0.25) is 0 Å². The molecule has 438 valence electrons. The molecule has 0 aromatic heterocycles.